The molecule has 23 heavy (non-hydrogen) atoms. The molecular weight excluding hydrogens is 318 g/mol. The molecule has 126 valence electrons. The molecule has 0 saturated carbocycles. The highest BCUT2D eigenvalue weighted by molar-refractivity contribution is 7.91. The van der Waals surface area contributed by atoms with Gasteiger partial charge >= 0.3 is 5.97 Å². The van der Waals surface area contributed by atoms with Crippen LogP contribution in [-0.4, -0.2) is 37.7 Å². The molecule has 0 aliphatic heterocycles. The van der Waals surface area contributed by atoms with Gasteiger partial charge in [-0.25, -0.2) is 8.42 Å². The monoisotopic (exact) mass is 339 g/mol. The summed E-state index contributed by atoms with van der Waals surface area (Å²) in [5, 5.41) is 11.0. The third kappa shape index (κ3) is 5.06. The number of rotatable bonds is 8. The Kier molecular flexibility index (Phi) is 5.76. The average Bonchev–Trinajstić information content (AvgIpc) is 2.97. The molecule has 2 N–H and O–H groups in total. The quantitative estimate of drug-likeness (QED) is 0.696. The van der Waals surface area contributed by atoms with Gasteiger partial charge in [-0.15, -0.1) is 0 Å². The Hall–Kier alpha value is -1.89. The Morgan fingerprint density at radius 1 is 1.13 bits per heavy atom. The van der Waals surface area contributed by atoms with Gasteiger partial charge in [-0.1, -0.05) is 6.07 Å². The number of hydrogen-bond acceptors (Lipinski definition) is 4. The maximum absolute atomic E-state index is 12.3. The summed E-state index contributed by atoms with van der Waals surface area (Å²) in [6.45, 7) is 0.240. The standard InChI is InChI=1S/C16H21NO5S/c18-15(17-9-2-5-16(19)20)8-10-23(21,22)14-7-6-12-3-1-4-13(12)11-14/h6-7,11H,1-5,8-10H2,(H,17,18)(H,19,20). The number of carboxylic acid groups (broad SMARTS) is 1. The summed E-state index contributed by atoms with van der Waals surface area (Å²) in [5.41, 5.74) is 2.30. The second-order valence-electron chi connectivity index (χ2n) is 5.70. The lowest BCUT2D eigenvalue weighted by Gasteiger charge is -2.07. The highest BCUT2D eigenvalue weighted by atomic mass is 32.2. The lowest BCUT2D eigenvalue weighted by atomic mass is 10.1. The van der Waals surface area contributed by atoms with Crippen LogP contribution >= 0.6 is 0 Å². The second kappa shape index (κ2) is 7.59. The second-order valence-corrected chi connectivity index (χ2v) is 7.81. The SMILES string of the molecule is O=C(O)CCCNC(=O)CCS(=O)(=O)c1ccc2c(c1)CCC2. The summed E-state index contributed by atoms with van der Waals surface area (Å²) in [4.78, 5) is 22.3. The van der Waals surface area contributed by atoms with Crippen molar-refractivity contribution in [3.63, 3.8) is 0 Å². The lowest BCUT2D eigenvalue weighted by molar-refractivity contribution is -0.137. The molecule has 0 spiro atoms. The summed E-state index contributed by atoms with van der Waals surface area (Å²) >= 11 is 0. The van der Waals surface area contributed by atoms with Crippen LogP contribution in [0.2, 0.25) is 0 Å². The van der Waals surface area contributed by atoms with E-state index in [4.69, 9.17) is 5.11 Å². The zero-order valence-corrected chi connectivity index (χ0v) is 13.7. The van der Waals surface area contributed by atoms with Crippen molar-refractivity contribution in [3.8, 4) is 0 Å². The minimum Gasteiger partial charge on any atom is -0.481 e. The van der Waals surface area contributed by atoms with Crippen molar-refractivity contribution in [2.45, 2.75) is 43.4 Å². The smallest absolute Gasteiger partial charge is 0.303 e. The highest BCUT2D eigenvalue weighted by Crippen LogP contribution is 2.25. The Morgan fingerprint density at radius 2 is 1.87 bits per heavy atom. The Bertz CT molecular complexity index is 696. The predicted molar refractivity (Wildman–Crippen MR) is 85.0 cm³/mol. The van der Waals surface area contributed by atoms with E-state index in [1.54, 1.807) is 12.1 Å². The fourth-order valence-corrected chi connectivity index (χ4v) is 3.93. The molecule has 7 heteroatoms. The zero-order chi connectivity index (χ0) is 16.9. The van der Waals surface area contributed by atoms with Gasteiger partial charge in [0, 0.05) is 19.4 Å². The summed E-state index contributed by atoms with van der Waals surface area (Å²) in [7, 11) is -3.48. The third-order valence-electron chi connectivity index (χ3n) is 3.92. The third-order valence-corrected chi connectivity index (χ3v) is 5.63. The topological polar surface area (TPSA) is 101 Å². The molecule has 0 bridgehead atoms. The summed E-state index contributed by atoms with van der Waals surface area (Å²) in [6.07, 6.45) is 3.15. The van der Waals surface area contributed by atoms with Crippen LogP contribution in [0.1, 0.15) is 36.8 Å². The zero-order valence-electron chi connectivity index (χ0n) is 12.9. The van der Waals surface area contributed by atoms with Gasteiger partial charge in [0.15, 0.2) is 9.84 Å². The van der Waals surface area contributed by atoms with Gasteiger partial charge in [-0.2, -0.15) is 0 Å². The maximum Gasteiger partial charge on any atom is 0.303 e. The fourth-order valence-electron chi connectivity index (χ4n) is 2.64. The van der Waals surface area contributed by atoms with Crippen LogP contribution in [0, 0.1) is 0 Å². The van der Waals surface area contributed by atoms with E-state index in [-0.39, 0.29) is 35.9 Å². The number of carboxylic acids is 1. The molecule has 0 aromatic heterocycles. The van der Waals surface area contributed by atoms with E-state index in [0.717, 1.165) is 24.8 Å². The van der Waals surface area contributed by atoms with E-state index in [1.807, 2.05) is 6.07 Å². The minimum atomic E-state index is -3.48. The van der Waals surface area contributed by atoms with Crippen LogP contribution in [0.5, 0.6) is 0 Å². The number of nitrogens with one attached hydrogen (secondary N) is 1. The van der Waals surface area contributed by atoms with E-state index in [2.05, 4.69) is 5.32 Å². The molecule has 1 amide bonds. The fraction of sp³-hybridized carbons (Fsp3) is 0.500. The first-order chi connectivity index (χ1) is 10.9. The molecule has 0 saturated heterocycles. The van der Waals surface area contributed by atoms with Gasteiger partial charge in [0.1, 0.15) is 0 Å². The summed E-state index contributed by atoms with van der Waals surface area (Å²) in [6, 6.07) is 5.20. The number of fused-ring (bicyclic) bond motifs is 1. The van der Waals surface area contributed by atoms with E-state index in [0.29, 0.717) is 6.42 Å². The van der Waals surface area contributed by atoms with Gasteiger partial charge in [0.25, 0.3) is 0 Å². The molecule has 1 aliphatic rings. The molecule has 1 aliphatic carbocycles. The molecule has 0 fully saturated rings. The predicted octanol–water partition coefficient (Wildman–Crippen LogP) is 1.32. The van der Waals surface area contributed by atoms with Crippen LogP contribution in [0.4, 0.5) is 0 Å². The van der Waals surface area contributed by atoms with Crippen molar-refractivity contribution in [2.24, 2.45) is 0 Å². The number of aliphatic carboxylic acids is 1. The van der Waals surface area contributed by atoms with Crippen molar-refractivity contribution >= 4 is 21.7 Å². The normalized spacial score (nSPS) is 13.6. The average molecular weight is 339 g/mol. The number of amides is 1. The van der Waals surface area contributed by atoms with Crippen molar-refractivity contribution in [1.82, 2.24) is 5.32 Å². The molecule has 6 nitrogen and oxygen atoms in total. The summed E-state index contributed by atoms with van der Waals surface area (Å²) in [5.74, 6) is -1.53. The van der Waals surface area contributed by atoms with Crippen molar-refractivity contribution in [2.75, 3.05) is 12.3 Å². The van der Waals surface area contributed by atoms with E-state index in [1.165, 1.54) is 5.56 Å². The molecule has 0 heterocycles. The molecular formula is C16H21NO5S. The van der Waals surface area contributed by atoms with Gasteiger partial charge in [0.2, 0.25) is 5.91 Å². The Morgan fingerprint density at radius 3 is 2.61 bits per heavy atom. The van der Waals surface area contributed by atoms with Crippen LogP contribution in [0.25, 0.3) is 0 Å². The Labute approximate surface area is 135 Å². The number of sulfone groups is 1. The molecule has 1 aromatic carbocycles. The van der Waals surface area contributed by atoms with Gasteiger partial charge in [-0.3, -0.25) is 9.59 Å². The minimum absolute atomic E-state index is 0.0201. The van der Waals surface area contributed by atoms with Gasteiger partial charge in [-0.05, 0) is 48.9 Å². The Balaban J connectivity index is 1.84. The van der Waals surface area contributed by atoms with Crippen LogP contribution in [0.15, 0.2) is 23.1 Å². The number of aryl methyl sites for hydroxylation is 2. The van der Waals surface area contributed by atoms with E-state index in [9.17, 15) is 18.0 Å². The van der Waals surface area contributed by atoms with Crippen LogP contribution < -0.4 is 5.32 Å². The van der Waals surface area contributed by atoms with E-state index >= 15 is 0 Å². The molecule has 0 unspecified atom stereocenters. The first-order valence-corrected chi connectivity index (χ1v) is 9.37. The number of carbonyl (C=O) groups is 2. The van der Waals surface area contributed by atoms with Crippen LogP contribution in [0.3, 0.4) is 0 Å². The lowest BCUT2D eigenvalue weighted by Crippen LogP contribution is -2.27. The number of carbonyl (C=O) groups excluding carboxylic acids is 1. The number of benzene rings is 1. The van der Waals surface area contributed by atoms with Crippen molar-refractivity contribution < 1.29 is 23.1 Å². The van der Waals surface area contributed by atoms with Crippen molar-refractivity contribution in [1.29, 1.82) is 0 Å². The largest absolute Gasteiger partial charge is 0.481 e. The first-order valence-electron chi connectivity index (χ1n) is 7.71. The molecule has 2 rings (SSSR count). The molecule has 0 radical (unpaired) electrons. The van der Waals surface area contributed by atoms with Crippen LogP contribution in [-0.2, 0) is 32.3 Å². The van der Waals surface area contributed by atoms with Gasteiger partial charge < -0.3 is 10.4 Å². The highest BCUT2D eigenvalue weighted by Gasteiger charge is 2.19. The van der Waals surface area contributed by atoms with Crippen molar-refractivity contribution in [3.05, 3.63) is 29.3 Å². The van der Waals surface area contributed by atoms with Gasteiger partial charge in [0.05, 0.1) is 10.6 Å². The molecule has 0 atom stereocenters. The van der Waals surface area contributed by atoms with E-state index < -0.39 is 15.8 Å². The molecule has 1 aromatic rings. The first kappa shape index (κ1) is 17.5. The summed E-state index contributed by atoms with van der Waals surface area (Å²) < 4.78 is 24.6. The maximum atomic E-state index is 12.3. The number of hydrogen-bond donors (Lipinski definition) is 2.